The highest BCUT2D eigenvalue weighted by Crippen LogP contribution is 2.39. The molecule has 0 radical (unpaired) electrons. The summed E-state index contributed by atoms with van der Waals surface area (Å²) in [5, 5.41) is 29.1. The Morgan fingerprint density at radius 1 is 0.870 bits per heavy atom. The summed E-state index contributed by atoms with van der Waals surface area (Å²) in [6, 6.07) is 29.2. The Bertz CT molecular complexity index is 2250. The van der Waals surface area contributed by atoms with E-state index in [1.807, 2.05) is 116 Å². The zero-order chi connectivity index (χ0) is 38.4. The van der Waals surface area contributed by atoms with Crippen molar-refractivity contribution >= 4 is 33.7 Å². The number of aliphatic hydroxyl groups excluding tert-OH is 1. The van der Waals surface area contributed by atoms with Gasteiger partial charge < -0.3 is 33.9 Å². The maximum atomic E-state index is 13.3. The second kappa shape index (κ2) is 16.5. The van der Waals surface area contributed by atoms with Crippen molar-refractivity contribution < 1.29 is 34.0 Å². The van der Waals surface area contributed by atoms with Crippen LogP contribution < -0.4 is 9.47 Å². The van der Waals surface area contributed by atoms with Crippen molar-refractivity contribution in [1.82, 2.24) is 19.2 Å². The van der Waals surface area contributed by atoms with E-state index in [2.05, 4.69) is 0 Å². The van der Waals surface area contributed by atoms with Crippen LogP contribution in [0.5, 0.6) is 11.5 Å². The zero-order valence-electron chi connectivity index (χ0n) is 31.5. The Morgan fingerprint density at radius 3 is 2.31 bits per heavy atom. The van der Waals surface area contributed by atoms with Crippen molar-refractivity contribution in [3.8, 4) is 22.6 Å². The number of rotatable bonds is 15. The summed E-state index contributed by atoms with van der Waals surface area (Å²) in [6.45, 7) is 6.34. The van der Waals surface area contributed by atoms with Crippen LogP contribution in [0.15, 0.2) is 91.0 Å². The molecular weight excluding hydrogens is 684 g/mol. The molecule has 0 aliphatic heterocycles. The fourth-order valence-corrected chi connectivity index (χ4v) is 6.93. The quantitative estimate of drug-likeness (QED) is 0.101. The third-order valence-corrected chi connectivity index (χ3v) is 9.32. The van der Waals surface area contributed by atoms with Crippen molar-refractivity contribution in [1.29, 1.82) is 0 Å². The van der Waals surface area contributed by atoms with Crippen LogP contribution in [0.3, 0.4) is 0 Å². The molecule has 0 bridgehead atoms. The Balaban J connectivity index is 1.38. The number of carbonyl (C=O) groups excluding carboxylic acids is 1. The maximum Gasteiger partial charge on any atom is 0.410 e. The van der Waals surface area contributed by atoms with Crippen LogP contribution in [0, 0.1) is 0 Å². The van der Waals surface area contributed by atoms with Gasteiger partial charge in [0.15, 0.2) is 0 Å². The van der Waals surface area contributed by atoms with Gasteiger partial charge in [0.1, 0.15) is 35.1 Å². The number of aromatic nitrogens is 3. The highest BCUT2D eigenvalue weighted by Gasteiger charge is 2.28. The maximum absolute atomic E-state index is 13.3. The number of hydrogen-bond donors (Lipinski definition) is 2. The molecule has 0 fully saturated rings. The monoisotopic (exact) mass is 732 g/mol. The number of fused-ring (bicyclic) bond motifs is 2. The molecule has 1 amide bonds. The number of para-hydroxylation sites is 2. The van der Waals surface area contributed by atoms with Gasteiger partial charge in [0, 0.05) is 49.1 Å². The minimum absolute atomic E-state index is 0.134. The molecule has 4 aromatic carbocycles. The van der Waals surface area contributed by atoms with Gasteiger partial charge in [-0.2, -0.15) is 5.10 Å². The molecule has 0 saturated heterocycles. The van der Waals surface area contributed by atoms with Crippen LogP contribution in [0.2, 0.25) is 0 Å². The number of aliphatic hydroxyl groups is 1. The van der Waals surface area contributed by atoms with Crippen LogP contribution in [0.1, 0.15) is 61.1 Å². The molecule has 0 unspecified atom stereocenters. The molecule has 0 aliphatic carbocycles. The zero-order valence-corrected chi connectivity index (χ0v) is 31.5. The first-order chi connectivity index (χ1) is 26.0. The molecule has 2 heterocycles. The van der Waals surface area contributed by atoms with Crippen molar-refractivity contribution in [2.75, 3.05) is 20.2 Å². The SMILES string of the molecule is CN(CCCn1c(C(=O)O)c(CCCOc2cccc3ccccc23)c2cccc(-c3c(COc4ccccc4)nn(C)c3CO)c21)C(=O)OC(C)(C)C. The first-order valence-corrected chi connectivity index (χ1v) is 18.2. The first kappa shape index (κ1) is 37.9. The lowest BCUT2D eigenvalue weighted by Gasteiger charge is -2.24. The third-order valence-electron chi connectivity index (χ3n) is 9.32. The van der Waals surface area contributed by atoms with E-state index in [1.54, 1.807) is 18.8 Å². The van der Waals surface area contributed by atoms with Gasteiger partial charge in [0.05, 0.1) is 24.4 Å². The predicted molar refractivity (Wildman–Crippen MR) is 209 cm³/mol. The minimum atomic E-state index is -1.05. The van der Waals surface area contributed by atoms with Crippen molar-refractivity contribution in [3.05, 3.63) is 114 Å². The smallest absolute Gasteiger partial charge is 0.410 e. The minimum Gasteiger partial charge on any atom is -0.493 e. The van der Waals surface area contributed by atoms with Crippen LogP contribution in [-0.4, -0.2) is 67.3 Å². The van der Waals surface area contributed by atoms with Gasteiger partial charge in [-0.1, -0.05) is 72.8 Å². The van der Waals surface area contributed by atoms with E-state index >= 15 is 0 Å². The van der Waals surface area contributed by atoms with Crippen LogP contribution in [0.4, 0.5) is 4.79 Å². The van der Waals surface area contributed by atoms with Crippen molar-refractivity contribution in [3.63, 3.8) is 0 Å². The highest BCUT2D eigenvalue weighted by molar-refractivity contribution is 6.04. The molecule has 0 spiro atoms. The number of benzene rings is 4. The lowest BCUT2D eigenvalue weighted by molar-refractivity contribution is 0.0294. The van der Waals surface area contributed by atoms with Crippen LogP contribution in [-0.2, 0) is 38.0 Å². The van der Waals surface area contributed by atoms with Gasteiger partial charge in [-0.15, -0.1) is 0 Å². The van der Waals surface area contributed by atoms with Crippen LogP contribution in [0.25, 0.3) is 32.8 Å². The number of carbonyl (C=O) groups is 2. The van der Waals surface area contributed by atoms with E-state index in [0.717, 1.165) is 27.5 Å². The normalized spacial score (nSPS) is 11.6. The number of nitrogens with zero attached hydrogens (tertiary/aromatic N) is 4. The summed E-state index contributed by atoms with van der Waals surface area (Å²) in [5.74, 6) is 0.407. The topological polar surface area (TPSA) is 128 Å². The number of carboxylic acid groups (broad SMARTS) is 1. The highest BCUT2D eigenvalue weighted by atomic mass is 16.6. The first-order valence-electron chi connectivity index (χ1n) is 18.2. The van der Waals surface area contributed by atoms with E-state index in [1.165, 1.54) is 4.90 Å². The summed E-state index contributed by atoms with van der Waals surface area (Å²) < 4.78 is 21.4. The molecule has 2 aromatic heterocycles. The summed E-state index contributed by atoms with van der Waals surface area (Å²) in [4.78, 5) is 27.5. The Hall–Kier alpha value is -5.81. The molecule has 0 atom stereocenters. The van der Waals surface area contributed by atoms with Gasteiger partial charge in [-0.3, -0.25) is 4.68 Å². The fourth-order valence-electron chi connectivity index (χ4n) is 6.93. The Morgan fingerprint density at radius 2 is 1.57 bits per heavy atom. The van der Waals surface area contributed by atoms with E-state index < -0.39 is 17.7 Å². The second-order valence-electron chi connectivity index (χ2n) is 14.3. The molecule has 0 aliphatic rings. The van der Waals surface area contributed by atoms with Crippen molar-refractivity contribution in [2.45, 2.75) is 65.4 Å². The van der Waals surface area contributed by atoms with E-state index in [0.29, 0.717) is 72.7 Å². The summed E-state index contributed by atoms with van der Waals surface area (Å²) in [6.07, 6.45) is 1.03. The fraction of sp³-hybridized carbons (Fsp3) is 0.326. The lowest BCUT2D eigenvalue weighted by Crippen LogP contribution is -2.35. The molecule has 6 aromatic rings. The van der Waals surface area contributed by atoms with E-state index in [4.69, 9.17) is 19.3 Å². The largest absolute Gasteiger partial charge is 0.493 e. The van der Waals surface area contributed by atoms with Gasteiger partial charge in [0.25, 0.3) is 0 Å². The number of aromatic carboxylic acids is 1. The summed E-state index contributed by atoms with van der Waals surface area (Å²) in [7, 11) is 3.45. The number of hydrogen-bond acceptors (Lipinski definition) is 7. The number of ether oxygens (including phenoxy) is 3. The van der Waals surface area contributed by atoms with Crippen molar-refractivity contribution in [2.24, 2.45) is 7.05 Å². The Kier molecular flexibility index (Phi) is 11.6. The van der Waals surface area contributed by atoms with E-state index in [-0.39, 0.29) is 18.9 Å². The molecular formula is C43H48N4O7. The number of carboxylic acids is 1. The van der Waals surface area contributed by atoms with Crippen LogP contribution >= 0.6 is 0 Å². The standard InChI is InChI=1S/C43H48N4O7/c1-43(2,3)54-42(51)45(4)24-14-25-47-39-32(33(40(47)41(49)50)22-13-26-52-37-23-11-16-29-15-9-10-19-31(29)37)20-12-21-34(39)38-35(44-46(5)36(38)27-48)28-53-30-17-7-6-8-18-30/h6-12,15-21,23,48H,13-14,22,24-28H2,1-5H3,(H,49,50). The number of aryl methyl sites for hydroxylation is 3. The van der Waals surface area contributed by atoms with Gasteiger partial charge in [0.2, 0.25) is 0 Å². The molecule has 0 saturated carbocycles. The molecule has 6 rings (SSSR count). The predicted octanol–water partition coefficient (Wildman–Crippen LogP) is 8.23. The summed E-state index contributed by atoms with van der Waals surface area (Å²) in [5.41, 5.74) is 3.55. The third kappa shape index (κ3) is 8.36. The molecule has 282 valence electrons. The average Bonchev–Trinajstić information content (AvgIpc) is 3.65. The second-order valence-corrected chi connectivity index (χ2v) is 14.3. The average molecular weight is 733 g/mol. The molecule has 11 nitrogen and oxygen atoms in total. The van der Waals surface area contributed by atoms with Gasteiger partial charge >= 0.3 is 12.1 Å². The lowest BCUT2D eigenvalue weighted by atomic mass is 9.98. The van der Waals surface area contributed by atoms with Gasteiger partial charge in [-0.25, -0.2) is 9.59 Å². The molecule has 2 N–H and O–H groups in total. The van der Waals surface area contributed by atoms with Gasteiger partial charge in [-0.05, 0) is 69.2 Å². The summed E-state index contributed by atoms with van der Waals surface area (Å²) >= 11 is 0. The van der Waals surface area contributed by atoms with E-state index in [9.17, 15) is 19.8 Å². The molecule has 54 heavy (non-hydrogen) atoms. The molecule has 11 heteroatoms. The Labute approximate surface area is 315 Å². The number of amides is 1.